The lowest BCUT2D eigenvalue weighted by atomic mass is 9.54. The molecular weight excluding hydrogens is 212 g/mol. The summed E-state index contributed by atoms with van der Waals surface area (Å²) in [5.74, 6) is 0. The Morgan fingerprint density at radius 2 is 1.94 bits per heavy atom. The lowest BCUT2D eigenvalue weighted by molar-refractivity contribution is -0.148. The summed E-state index contributed by atoms with van der Waals surface area (Å²) in [4.78, 5) is 0. The van der Waals surface area contributed by atoms with E-state index < -0.39 is 0 Å². The summed E-state index contributed by atoms with van der Waals surface area (Å²) in [5.41, 5.74) is 6.73. The van der Waals surface area contributed by atoms with Crippen molar-refractivity contribution in [1.29, 1.82) is 0 Å². The molecule has 0 heterocycles. The van der Waals surface area contributed by atoms with E-state index in [2.05, 4.69) is 39.9 Å². The van der Waals surface area contributed by atoms with Crippen LogP contribution in [0.4, 0.5) is 0 Å². The summed E-state index contributed by atoms with van der Waals surface area (Å²) < 4.78 is 5.73. The number of rotatable bonds is 5. The lowest BCUT2D eigenvalue weighted by Crippen LogP contribution is -2.73. The summed E-state index contributed by atoms with van der Waals surface area (Å²) in [6.45, 7) is 15.8. The van der Waals surface area contributed by atoms with E-state index in [4.69, 9.17) is 10.5 Å². The van der Waals surface area contributed by atoms with Crippen molar-refractivity contribution in [2.45, 2.75) is 59.6 Å². The van der Waals surface area contributed by atoms with Crippen molar-refractivity contribution < 1.29 is 4.74 Å². The van der Waals surface area contributed by atoms with Crippen LogP contribution in [0, 0.1) is 10.8 Å². The SMILES string of the molecule is CCOC1CC(N)(CNCC(C)(C)C)C1(C)C. The molecule has 102 valence electrons. The van der Waals surface area contributed by atoms with Crippen molar-refractivity contribution in [2.75, 3.05) is 19.7 Å². The fourth-order valence-electron chi connectivity index (χ4n) is 2.47. The highest BCUT2D eigenvalue weighted by Gasteiger charge is 2.58. The zero-order chi connectivity index (χ0) is 13.3. The molecule has 1 rings (SSSR count). The molecule has 0 spiro atoms. The summed E-state index contributed by atoms with van der Waals surface area (Å²) in [6, 6.07) is 0. The van der Waals surface area contributed by atoms with Gasteiger partial charge in [-0.3, -0.25) is 0 Å². The van der Waals surface area contributed by atoms with Gasteiger partial charge in [-0.05, 0) is 18.8 Å². The van der Waals surface area contributed by atoms with Gasteiger partial charge in [0.05, 0.1) is 6.10 Å². The van der Waals surface area contributed by atoms with Crippen molar-refractivity contribution >= 4 is 0 Å². The van der Waals surface area contributed by atoms with E-state index in [0.717, 1.165) is 26.1 Å². The molecule has 0 aliphatic heterocycles. The summed E-state index contributed by atoms with van der Waals surface area (Å²) in [5, 5.41) is 3.51. The Morgan fingerprint density at radius 1 is 1.35 bits per heavy atom. The molecule has 1 aliphatic carbocycles. The van der Waals surface area contributed by atoms with Gasteiger partial charge < -0.3 is 15.8 Å². The average molecular weight is 242 g/mol. The van der Waals surface area contributed by atoms with Crippen molar-refractivity contribution in [2.24, 2.45) is 16.6 Å². The lowest BCUT2D eigenvalue weighted by Gasteiger charge is -2.59. The maximum absolute atomic E-state index is 6.49. The maximum atomic E-state index is 6.49. The minimum atomic E-state index is -0.127. The Labute approximate surface area is 106 Å². The van der Waals surface area contributed by atoms with Gasteiger partial charge in [-0.2, -0.15) is 0 Å². The van der Waals surface area contributed by atoms with Crippen molar-refractivity contribution in [3.05, 3.63) is 0 Å². The molecule has 0 radical (unpaired) electrons. The highest BCUT2D eigenvalue weighted by molar-refractivity contribution is 5.14. The minimum Gasteiger partial charge on any atom is -0.378 e. The molecule has 2 unspecified atom stereocenters. The van der Waals surface area contributed by atoms with Crippen LogP contribution in [0.5, 0.6) is 0 Å². The van der Waals surface area contributed by atoms with Gasteiger partial charge in [-0.1, -0.05) is 34.6 Å². The van der Waals surface area contributed by atoms with Crippen LogP contribution in [-0.4, -0.2) is 31.3 Å². The average Bonchev–Trinajstić information content (AvgIpc) is 2.15. The standard InChI is InChI=1S/C14H30N2O/c1-7-17-11-8-14(15,13(11,5)6)10-16-9-12(2,3)4/h11,16H,7-10,15H2,1-6H3. The first kappa shape index (κ1) is 14.9. The molecule has 2 atom stereocenters. The first-order valence-corrected chi connectivity index (χ1v) is 6.73. The van der Waals surface area contributed by atoms with Crippen LogP contribution in [0.3, 0.4) is 0 Å². The Balaban J connectivity index is 2.44. The van der Waals surface area contributed by atoms with E-state index in [9.17, 15) is 0 Å². The molecule has 1 aliphatic rings. The van der Waals surface area contributed by atoms with Gasteiger partial charge in [0, 0.05) is 30.7 Å². The Morgan fingerprint density at radius 3 is 2.35 bits per heavy atom. The monoisotopic (exact) mass is 242 g/mol. The number of nitrogens with one attached hydrogen (secondary N) is 1. The number of ether oxygens (including phenoxy) is 1. The van der Waals surface area contributed by atoms with Crippen LogP contribution < -0.4 is 11.1 Å². The second kappa shape index (κ2) is 4.87. The third-order valence-electron chi connectivity index (χ3n) is 4.10. The number of nitrogens with two attached hydrogens (primary N) is 1. The molecule has 1 saturated carbocycles. The van der Waals surface area contributed by atoms with E-state index in [1.165, 1.54) is 0 Å². The fraction of sp³-hybridized carbons (Fsp3) is 1.00. The first-order chi connectivity index (χ1) is 7.62. The Hall–Kier alpha value is -0.120. The van der Waals surface area contributed by atoms with E-state index in [1.807, 2.05) is 6.92 Å². The quantitative estimate of drug-likeness (QED) is 0.776. The molecule has 0 aromatic rings. The molecule has 1 fully saturated rings. The predicted octanol–water partition coefficient (Wildman–Crippen LogP) is 2.15. The Bertz CT molecular complexity index is 257. The summed E-state index contributed by atoms with van der Waals surface area (Å²) in [6.07, 6.45) is 1.28. The highest BCUT2D eigenvalue weighted by atomic mass is 16.5. The second-order valence-electron chi connectivity index (χ2n) is 7.19. The predicted molar refractivity (Wildman–Crippen MR) is 73.1 cm³/mol. The number of hydrogen-bond acceptors (Lipinski definition) is 3. The third-order valence-corrected chi connectivity index (χ3v) is 4.10. The number of hydrogen-bond donors (Lipinski definition) is 2. The molecular formula is C14H30N2O. The van der Waals surface area contributed by atoms with Crippen molar-refractivity contribution in [3.8, 4) is 0 Å². The third kappa shape index (κ3) is 3.21. The van der Waals surface area contributed by atoms with E-state index in [0.29, 0.717) is 11.5 Å². The molecule has 0 amide bonds. The zero-order valence-electron chi connectivity index (χ0n) is 12.4. The highest BCUT2D eigenvalue weighted by Crippen LogP contribution is 2.49. The molecule has 17 heavy (non-hydrogen) atoms. The molecule has 0 aromatic heterocycles. The second-order valence-corrected chi connectivity index (χ2v) is 7.19. The minimum absolute atomic E-state index is 0.0634. The summed E-state index contributed by atoms with van der Waals surface area (Å²) in [7, 11) is 0. The van der Waals surface area contributed by atoms with Crippen LogP contribution in [0.15, 0.2) is 0 Å². The molecule has 3 heteroatoms. The van der Waals surface area contributed by atoms with E-state index in [-0.39, 0.29) is 11.0 Å². The van der Waals surface area contributed by atoms with Crippen LogP contribution in [0.1, 0.15) is 48.0 Å². The van der Waals surface area contributed by atoms with Gasteiger partial charge >= 0.3 is 0 Å². The topological polar surface area (TPSA) is 47.3 Å². The fourth-order valence-corrected chi connectivity index (χ4v) is 2.47. The van der Waals surface area contributed by atoms with E-state index in [1.54, 1.807) is 0 Å². The van der Waals surface area contributed by atoms with Crippen LogP contribution >= 0.6 is 0 Å². The van der Waals surface area contributed by atoms with Gasteiger partial charge in [0.25, 0.3) is 0 Å². The van der Waals surface area contributed by atoms with Gasteiger partial charge in [0.15, 0.2) is 0 Å². The van der Waals surface area contributed by atoms with Crippen LogP contribution in [-0.2, 0) is 4.74 Å². The Kier molecular flexibility index (Phi) is 4.28. The zero-order valence-corrected chi connectivity index (χ0v) is 12.4. The molecule has 3 nitrogen and oxygen atoms in total. The van der Waals surface area contributed by atoms with Crippen LogP contribution in [0.2, 0.25) is 0 Å². The normalized spacial score (nSPS) is 32.3. The maximum Gasteiger partial charge on any atom is 0.0662 e. The smallest absolute Gasteiger partial charge is 0.0662 e. The van der Waals surface area contributed by atoms with E-state index >= 15 is 0 Å². The van der Waals surface area contributed by atoms with Gasteiger partial charge in [-0.15, -0.1) is 0 Å². The molecule has 0 bridgehead atoms. The van der Waals surface area contributed by atoms with Crippen molar-refractivity contribution in [3.63, 3.8) is 0 Å². The molecule has 0 aromatic carbocycles. The van der Waals surface area contributed by atoms with Gasteiger partial charge in [0.1, 0.15) is 0 Å². The molecule has 3 N–H and O–H groups in total. The molecule has 0 saturated heterocycles. The largest absolute Gasteiger partial charge is 0.378 e. The van der Waals surface area contributed by atoms with Crippen LogP contribution in [0.25, 0.3) is 0 Å². The van der Waals surface area contributed by atoms with Gasteiger partial charge in [0.2, 0.25) is 0 Å². The van der Waals surface area contributed by atoms with Gasteiger partial charge in [-0.25, -0.2) is 0 Å². The first-order valence-electron chi connectivity index (χ1n) is 6.73. The summed E-state index contributed by atoms with van der Waals surface area (Å²) >= 11 is 0. The van der Waals surface area contributed by atoms with Crippen molar-refractivity contribution in [1.82, 2.24) is 5.32 Å².